The third-order valence-electron chi connectivity index (χ3n) is 4.99. The fraction of sp³-hybridized carbons (Fsp3) is 0.409. The summed E-state index contributed by atoms with van der Waals surface area (Å²) in [5.41, 5.74) is 1.20. The summed E-state index contributed by atoms with van der Waals surface area (Å²) in [6, 6.07) is 6.27. The monoisotopic (exact) mass is 448 g/mol. The zero-order valence-electron chi connectivity index (χ0n) is 17.7. The summed E-state index contributed by atoms with van der Waals surface area (Å²) in [5.74, 6) is -0.703. The van der Waals surface area contributed by atoms with Crippen LogP contribution < -0.4 is 20.7 Å². The van der Waals surface area contributed by atoms with Crippen molar-refractivity contribution in [2.45, 2.75) is 45.9 Å². The number of halogens is 2. The Kier molecular flexibility index (Phi) is 7.46. The van der Waals surface area contributed by atoms with Crippen molar-refractivity contribution < 1.29 is 18.7 Å². The van der Waals surface area contributed by atoms with Crippen molar-refractivity contribution in [2.75, 3.05) is 6.61 Å². The predicted octanol–water partition coefficient (Wildman–Crippen LogP) is 3.39. The normalized spacial score (nSPS) is 18.6. The van der Waals surface area contributed by atoms with Crippen LogP contribution in [0.1, 0.15) is 56.1 Å². The molecule has 1 aromatic heterocycles. The minimum absolute atomic E-state index is 0.0277. The molecule has 2 unspecified atom stereocenters. The fourth-order valence-corrected chi connectivity index (χ4v) is 3.56. The van der Waals surface area contributed by atoms with Gasteiger partial charge in [0, 0.05) is 48.3 Å². The van der Waals surface area contributed by atoms with Gasteiger partial charge in [-0.15, -0.1) is 0 Å². The lowest BCUT2D eigenvalue weighted by Crippen LogP contribution is -2.47. The van der Waals surface area contributed by atoms with E-state index in [0.29, 0.717) is 12.5 Å². The third-order valence-corrected chi connectivity index (χ3v) is 5.32. The van der Waals surface area contributed by atoms with Crippen LogP contribution in [0.5, 0.6) is 5.88 Å². The van der Waals surface area contributed by atoms with Crippen LogP contribution in [0.25, 0.3) is 0 Å². The molecule has 0 radical (unpaired) electrons. The van der Waals surface area contributed by atoms with Crippen molar-refractivity contribution >= 4 is 23.4 Å². The Balaban J connectivity index is 1.83. The highest BCUT2D eigenvalue weighted by atomic mass is 35.5. The highest BCUT2D eigenvalue weighted by molar-refractivity contribution is 6.31. The number of carbonyl (C=O) groups is 2. The number of nitrogens with one attached hydrogen (secondary N) is 3. The Hall–Kier alpha value is -2.71. The van der Waals surface area contributed by atoms with Crippen LogP contribution in [0.4, 0.5) is 4.39 Å². The number of aromatic nitrogens is 1. The summed E-state index contributed by atoms with van der Waals surface area (Å²) < 4.78 is 20.7. The Morgan fingerprint density at radius 2 is 2.13 bits per heavy atom. The molecule has 7 nitrogen and oxygen atoms in total. The molecule has 2 heterocycles. The summed E-state index contributed by atoms with van der Waals surface area (Å²) in [4.78, 5) is 28.5. The van der Waals surface area contributed by atoms with Gasteiger partial charge in [-0.2, -0.15) is 0 Å². The zero-order valence-corrected chi connectivity index (χ0v) is 18.4. The van der Waals surface area contributed by atoms with Crippen molar-refractivity contribution in [3.63, 3.8) is 0 Å². The minimum Gasteiger partial charge on any atom is -0.478 e. The largest absolute Gasteiger partial charge is 0.478 e. The molecule has 0 saturated carbocycles. The van der Waals surface area contributed by atoms with Crippen molar-refractivity contribution in [3.8, 4) is 5.88 Å². The average molecular weight is 449 g/mol. The Bertz CT molecular complexity index is 953. The molecule has 9 heteroatoms. The lowest BCUT2D eigenvalue weighted by Gasteiger charge is -2.33. The number of hydrogen-bond donors (Lipinski definition) is 3. The molecule has 0 aliphatic carbocycles. The van der Waals surface area contributed by atoms with E-state index in [9.17, 15) is 9.59 Å². The van der Waals surface area contributed by atoms with Gasteiger partial charge in [-0.3, -0.25) is 14.9 Å². The second kappa shape index (κ2) is 10.1. The standard InChI is InChI=1S/C22H26ClFN4O3/c1-4-31-18-8-6-13(10-25-18)16-9-17(29)28-21(27-16)19-15(23)7-5-14(20(19)24)11-26-22(30)12(2)3/h5-8,10,12,16,21,27H,4,9,11H2,1-3H3,(H,26,30)(H,28,29). The van der Waals surface area contributed by atoms with Crippen LogP contribution in [-0.4, -0.2) is 23.4 Å². The van der Waals surface area contributed by atoms with E-state index in [1.165, 1.54) is 6.07 Å². The van der Waals surface area contributed by atoms with Crippen LogP contribution >= 0.6 is 11.6 Å². The van der Waals surface area contributed by atoms with Crippen LogP contribution in [0, 0.1) is 11.7 Å². The van der Waals surface area contributed by atoms with E-state index in [-0.39, 0.29) is 52.9 Å². The van der Waals surface area contributed by atoms with E-state index in [1.807, 2.05) is 13.0 Å². The number of pyridine rings is 1. The molecule has 1 fully saturated rings. The summed E-state index contributed by atoms with van der Waals surface area (Å²) in [6.07, 6.45) is 0.982. The Labute approximate surface area is 185 Å². The SMILES string of the molecule is CCOc1ccc(C2CC(=O)NC(c3c(Cl)ccc(CNC(=O)C(C)C)c3F)N2)cn1. The first-order valence-electron chi connectivity index (χ1n) is 10.2. The first kappa shape index (κ1) is 23.0. The highest BCUT2D eigenvalue weighted by Crippen LogP contribution is 2.32. The average Bonchev–Trinajstić information content (AvgIpc) is 2.73. The highest BCUT2D eigenvalue weighted by Gasteiger charge is 2.31. The lowest BCUT2D eigenvalue weighted by atomic mass is 9.99. The molecule has 1 aliphatic rings. The van der Waals surface area contributed by atoms with Crippen molar-refractivity contribution in [3.05, 3.63) is 58.0 Å². The van der Waals surface area contributed by atoms with Gasteiger partial charge in [-0.25, -0.2) is 9.37 Å². The summed E-state index contributed by atoms with van der Waals surface area (Å²) in [6.45, 7) is 5.92. The quantitative estimate of drug-likeness (QED) is 0.603. The van der Waals surface area contributed by atoms with Gasteiger partial charge in [0.15, 0.2) is 0 Å². The van der Waals surface area contributed by atoms with Crippen LogP contribution in [0.15, 0.2) is 30.5 Å². The third kappa shape index (κ3) is 5.51. The number of nitrogens with zero attached hydrogens (tertiary/aromatic N) is 1. The maximum absolute atomic E-state index is 15.3. The van der Waals surface area contributed by atoms with Gasteiger partial charge in [0.25, 0.3) is 0 Å². The van der Waals surface area contributed by atoms with Crippen LogP contribution in [0.3, 0.4) is 0 Å². The van der Waals surface area contributed by atoms with Gasteiger partial charge in [-0.1, -0.05) is 37.6 Å². The lowest BCUT2D eigenvalue weighted by molar-refractivity contribution is -0.125. The first-order chi connectivity index (χ1) is 14.8. The van der Waals surface area contributed by atoms with Gasteiger partial charge in [-0.05, 0) is 18.6 Å². The number of hydrogen-bond acceptors (Lipinski definition) is 5. The predicted molar refractivity (Wildman–Crippen MR) is 115 cm³/mol. The topological polar surface area (TPSA) is 92.4 Å². The Morgan fingerprint density at radius 1 is 1.35 bits per heavy atom. The van der Waals surface area contributed by atoms with Crippen molar-refractivity contribution in [1.29, 1.82) is 0 Å². The maximum atomic E-state index is 15.3. The second-order valence-corrected chi connectivity index (χ2v) is 8.00. The van der Waals surface area contributed by atoms with E-state index in [1.54, 1.807) is 32.2 Å². The molecule has 3 N–H and O–H groups in total. The minimum atomic E-state index is -0.828. The van der Waals surface area contributed by atoms with E-state index in [0.717, 1.165) is 5.56 Å². The molecule has 166 valence electrons. The molecule has 0 bridgehead atoms. The van der Waals surface area contributed by atoms with E-state index >= 15 is 4.39 Å². The Morgan fingerprint density at radius 3 is 2.77 bits per heavy atom. The van der Waals surface area contributed by atoms with Gasteiger partial charge in [0.05, 0.1) is 11.6 Å². The number of carbonyl (C=O) groups excluding carboxylic acids is 2. The molecular formula is C22H26ClFN4O3. The molecular weight excluding hydrogens is 423 g/mol. The zero-order chi connectivity index (χ0) is 22.5. The molecule has 1 saturated heterocycles. The van der Waals surface area contributed by atoms with Crippen molar-refractivity contribution in [1.82, 2.24) is 20.9 Å². The molecule has 31 heavy (non-hydrogen) atoms. The molecule has 3 rings (SSSR count). The summed E-state index contributed by atoms with van der Waals surface area (Å²) in [5, 5.41) is 8.86. The van der Waals surface area contributed by atoms with Gasteiger partial charge in [0.1, 0.15) is 12.0 Å². The molecule has 2 atom stereocenters. The molecule has 0 spiro atoms. The van der Waals surface area contributed by atoms with Crippen LogP contribution in [0.2, 0.25) is 5.02 Å². The second-order valence-electron chi connectivity index (χ2n) is 7.59. The smallest absolute Gasteiger partial charge is 0.223 e. The van der Waals surface area contributed by atoms with E-state index in [2.05, 4.69) is 20.9 Å². The summed E-state index contributed by atoms with van der Waals surface area (Å²) in [7, 11) is 0. The first-order valence-corrected chi connectivity index (χ1v) is 10.6. The maximum Gasteiger partial charge on any atom is 0.223 e. The molecule has 2 aromatic rings. The molecule has 1 aromatic carbocycles. The van der Waals surface area contributed by atoms with Gasteiger partial charge >= 0.3 is 0 Å². The molecule has 1 aliphatic heterocycles. The van der Waals surface area contributed by atoms with E-state index < -0.39 is 12.0 Å². The van der Waals surface area contributed by atoms with E-state index in [4.69, 9.17) is 16.3 Å². The number of amides is 2. The van der Waals surface area contributed by atoms with Gasteiger partial charge < -0.3 is 15.4 Å². The number of ether oxygens (including phenoxy) is 1. The number of rotatable bonds is 7. The number of benzene rings is 1. The van der Waals surface area contributed by atoms with Gasteiger partial charge in [0.2, 0.25) is 17.7 Å². The fourth-order valence-electron chi connectivity index (χ4n) is 3.31. The molecule has 2 amide bonds. The van der Waals surface area contributed by atoms with Crippen molar-refractivity contribution in [2.24, 2.45) is 5.92 Å². The van der Waals surface area contributed by atoms with Crippen LogP contribution in [-0.2, 0) is 16.1 Å². The summed E-state index contributed by atoms with van der Waals surface area (Å²) >= 11 is 6.30.